The first kappa shape index (κ1) is 22.7. The van der Waals surface area contributed by atoms with Gasteiger partial charge in [0.1, 0.15) is 6.29 Å². The zero-order valence-corrected chi connectivity index (χ0v) is 18.1. The maximum atomic E-state index is 11.5. The lowest BCUT2D eigenvalue weighted by Crippen LogP contribution is -2.25. The van der Waals surface area contributed by atoms with Crippen LogP contribution in [0.25, 0.3) is 0 Å². The third kappa shape index (κ3) is 6.24. The monoisotopic (exact) mass is 425 g/mol. The lowest BCUT2D eigenvalue weighted by Gasteiger charge is -2.25. The van der Waals surface area contributed by atoms with E-state index in [1.165, 1.54) is 18.4 Å². The van der Waals surface area contributed by atoms with E-state index in [0.717, 1.165) is 44.3 Å². The highest BCUT2D eigenvalue weighted by molar-refractivity contribution is 5.79. The molecule has 2 N–H and O–H groups in total. The van der Waals surface area contributed by atoms with Gasteiger partial charge in [0.2, 0.25) is 5.88 Å². The molecule has 8 heteroatoms. The van der Waals surface area contributed by atoms with E-state index in [2.05, 4.69) is 34.1 Å². The van der Waals surface area contributed by atoms with Gasteiger partial charge in [-0.15, -0.1) is 4.91 Å². The van der Waals surface area contributed by atoms with Crippen molar-refractivity contribution < 1.29 is 9.53 Å². The smallest absolute Gasteiger partial charge is 0.217 e. The summed E-state index contributed by atoms with van der Waals surface area (Å²) in [6.07, 6.45) is 5.17. The molecule has 0 saturated carbocycles. The molecule has 8 nitrogen and oxygen atoms in total. The predicted molar refractivity (Wildman–Crippen MR) is 123 cm³/mol. The Bertz CT molecular complexity index is 884. The number of ether oxygens (including phenoxy) is 1. The second-order valence-corrected chi connectivity index (χ2v) is 7.86. The van der Waals surface area contributed by atoms with Crippen molar-refractivity contribution in [2.75, 3.05) is 36.9 Å². The number of unbranched alkanes of at least 4 members (excludes halogenated alkanes) is 1. The fraction of sp³-hybridized carbons (Fsp3) is 0.478. The molecule has 1 aliphatic rings. The zero-order valence-electron chi connectivity index (χ0n) is 18.1. The van der Waals surface area contributed by atoms with Gasteiger partial charge in [-0.2, -0.15) is 4.98 Å². The normalized spacial score (nSPS) is 13.8. The maximum absolute atomic E-state index is 11.5. The summed E-state index contributed by atoms with van der Waals surface area (Å²) in [4.78, 5) is 31.3. The van der Waals surface area contributed by atoms with Crippen LogP contribution in [0.15, 0.2) is 35.5 Å². The van der Waals surface area contributed by atoms with Crippen LogP contribution in [-0.2, 0) is 17.9 Å². The number of nitrogens with two attached hydrogens (primary N) is 1. The standard InChI is InChI=1S/C23H31N5O3/c1-2-3-13-31-21-15-20(22(26-30)23(24)25-21)28(11-12-29)17-19-8-6-7-18(14-19)16-27-9-4-5-10-27/h6-8,12,14-15H,2-5,9-11,13,16-17H2,1H3,(H2,24,25). The molecule has 2 aromatic rings. The number of nitrogen functional groups attached to an aromatic ring is 1. The lowest BCUT2D eigenvalue weighted by molar-refractivity contribution is -0.106. The van der Waals surface area contributed by atoms with Crippen molar-refractivity contribution in [2.24, 2.45) is 5.18 Å². The molecule has 0 unspecified atom stereocenters. The van der Waals surface area contributed by atoms with E-state index in [9.17, 15) is 9.70 Å². The SMILES string of the molecule is CCCCOc1cc(N(CC=O)Cc2cccc(CN3CCCC3)c2)c(N=O)c(N)n1. The van der Waals surface area contributed by atoms with Crippen LogP contribution in [0.1, 0.15) is 43.7 Å². The van der Waals surface area contributed by atoms with Gasteiger partial charge >= 0.3 is 0 Å². The number of hydrogen-bond acceptors (Lipinski definition) is 8. The number of hydrogen-bond donors (Lipinski definition) is 1. The largest absolute Gasteiger partial charge is 0.478 e. The number of rotatable bonds is 12. The molecule has 0 aliphatic carbocycles. The first-order valence-corrected chi connectivity index (χ1v) is 10.9. The van der Waals surface area contributed by atoms with E-state index < -0.39 is 0 Å². The van der Waals surface area contributed by atoms with E-state index in [-0.39, 0.29) is 18.1 Å². The van der Waals surface area contributed by atoms with E-state index in [0.29, 0.717) is 24.7 Å². The van der Waals surface area contributed by atoms with Crippen molar-refractivity contribution in [3.05, 3.63) is 46.4 Å². The number of anilines is 2. The molecular weight excluding hydrogens is 394 g/mol. The van der Waals surface area contributed by atoms with Crippen LogP contribution in [-0.4, -0.2) is 42.4 Å². The van der Waals surface area contributed by atoms with Gasteiger partial charge in [0.25, 0.3) is 0 Å². The second kappa shape index (κ2) is 11.4. The summed E-state index contributed by atoms with van der Waals surface area (Å²) in [7, 11) is 0. The molecule has 0 spiro atoms. The van der Waals surface area contributed by atoms with Crippen LogP contribution in [0, 0.1) is 4.91 Å². The third-order valence-corrected chi connectivity index (χ3v) is 5.42. The Morgan fingerprint density at radius 2 is 2.03 bits per heavy atom. The Hall–Kier alpha value is -3.00. The van der Waals surface area contributed by atoms with Gasteiger partial charge in [0.05, 0.1) is 18.8 Å². The summed E-state index contributed by atoms with van der Waals surface area (Å²) in [5.41, 5.74) is 8.72. The first-order chi connectivity index (χ1) is 15.1. The number of likely N-dealkylation sites (tertiary alicyclic amines) is 1. The second-order valence-electron chi connectivity index (χ2n) is 7.86. The van der Waals surface area contributed by atoms with Crippen LogP contribution < -0.4 is 15.4 Å². The van der Waals surface area contributed by atoms with Crippen molar-refractivity contribution >= 4 is 23.5 Å². The Balaban J connectivity index is 1.84. The van der Waals surface area contributed by atoms with Crippen LogP contribution in [0.4, 0.5) is 17.2 Å². The Morgan fingerprint density at radius 1 is 1.26 bits per heavy atom. The number of benzene rings is 1. The molecule has 166 valence electrons. The highest BCUT2D eigenvalue weighted by Crippen LogP contribution is 2.37. The molecule has 1 aliphatic heterocycles. The minimum Gasteiger partial charge on any atom is -0.478 e. The van der Waals surface area contributed by atoms with Crippen molar-refractivity contribution in [2.45, 2.75) is 45.7 Å². The minimum absolute atomic E-state index is 0.00215. The topological polar surface area (TPSA) is 101 Å². The number of nitrogens with zero attached hydrogens (tertiary/aromatic N) is 4. The Labute approximate surface area is 183 Å². The molecule has 0 atom stereocenters. The molecule has 1 aromatic heterocycles. The van der Waals surface area contributed by atoms with Crippen molar-refractivity contribution in [1.29, 1.82) is 0 Å². The Kier molecular flexibility index (Phi) is 8.35. The molecular formula is C23H31N5O3. The highest BCUT2D eigenvalue weighted by Gasteiger charge is 2.19. The average Bonchev–Trinajstić information content (AvgIpc) is 3.26. The quantitative estimate of drug-likeness (QED) is 0.311. The van der Waals surface area contributed by atoms with Gasteiger partial charge in [-0.3, -0.25) is 4.90 Å². The zero-order chi connectivity index (χ0) is 22.1. The Morgan fingerprint density at radius 3 is 2.74 bits per heavy atom. The van der Waals surface area contributed by atoms with Crippen LogP contribution in [0.5, 0.6) is 5.88 Å². The van der Waals surface area contributed by atoms with Gasteiger partial charge in [-0.1, -0.05) is 37.6 Å². The number of aromatic nitrogens is 1. The summed E-state index contributed by atoms with van der Waals surface area (Å²) in [5.74, 6) is 0.324. The molecule has 1 saturated heterocycles. The first-order valence-electron chi connectivity index (χ1n) is 10.9. The van der Waals surface area contributed by atoms with Crippen LogP contribution in [0.2, 0.25) is 0 Å². The van der Waals surface area contributed by atoms with Crippen molar-refractivity contribution in [1.82, 2.24) is 9.88 Å². The van der Waals surface area contributed by atoms with Gasteiger partial charge in [0.15, 0.2) is 11.5 Å². The van der Waals surface area contributed by atoms with E-state index in [1.54, 1.807) is 11.0 Å². The summed E-state index contributed by atoms with van der Waals surface area (Å²) < 4.78 is 5.68. The molecule has 0 radical (unpaired) electrons. The molecule has 1 fully saturated rings. The summed E-state index contributed by atoms with van der Waals surface area (Å²) in [6.45, 7) is 6.28. The number of carbonyl (C=O) groups is 1. The van der Waals surface area contributed by atoms with E-state index in [4.69, 9.17) is 10.5 Å². The number of carbonyl (C=O) groups excluding carboxylic acids is 1. The van der Waals surface area contributed by atoms with Gasteiger partial charge in [-0.05, 0) is 48.7 Å². The molecule has 2 heterocycles. The highest BCUT2D eigenvalue weighted by atomic mass is 16.5. The molecule has 31 heavy (non-hydrogen) atoms. The molecule has 0 amide bonds. The number of aldehydes is 1. The third-order valence-electron chi connectivity index (χ3n) is 5.42. The van der Waals surface area contributed by atoms with E-state index in [1.807, 2.05) is 12.1 Å². The predicted octanol–water partition coefficient (Wildman–Crippen LogP) is 4.04. The van der Waals surface area contributed by atoms with E-state index >= 15 is 0 Å². The average molecular weight is 426 g/mol. The van der Waals surface area contributed by atoms with Crippen LogP contribution >= 0.6 is 0 Å². The number of pyridine rings is 1. The number of nitroso groups, excluding NO2 is 1. The van der Waals surface area contributed by atoms with Crippen LogP contribution in [0.3, 0.4) is 0 Å². The molecule has 0 bridgehead atoms. The van der Waals surface area contributed by atoms with Crippen molar-refractivity contribution in [3.8, 4) is 5.88 Å². The fourth-order valence-electron chi connectivity index (χ4n) is 3.83. The molecule has 1 aromatic carbocycles. The molecule has 3 rings (SSSR count). The summed E-state index contributed by atoms with van der Waals surface area (Å²) in [5, 5.41) is 3.08. The summed E-state index contributed by atoms with van der Waals surface area (Å²) >= 11 is 0. The van der Waals surface area contributed by atoms with Gasteiger partial charge in [-0.25, -0.2) is 0 Å². The minimum atomic E-state index is -0.00215. The maximum Gasteiger partial charge on any atom is 0.217 e. The van der Waals surface area contributed by atoms with Gasteiger partial charge < -0.3 is 20.2 Å². The van der Waals surface area contributed by atoms with Crippen molar-refractivity contribution in [3.63, 3.8) is 0 Å². The van der Waals surface area contributed by atoms with Gasteiger partial charge in [0, 0.05) is 19.2 Å². The summed E-state index contributed by atoms with van der Waals surface area (Å²) in [6, 6.07) is 9.95. The lowest BCUT2D eigenvalue weighted by atomic mass is 10.1. The fourth-order valence-corrected chi connectivity index (χ4v) is 3.83.